The Morgan fingerprint density at radius 2 is 2.07 bits per heavy atom. The second kappa shape index (κ2) is 7.19. The van der Waals surface area contributed by atoms with Gasteiger partial charge in [-0.2, -0.15) is 0 Å². The van der Waals surface area contributed by atoms with Crippen LogP contribution in [0.3, 0.4) is 0 Å². The maximum atomic E-state index is 14.8. The van der Waals surface area contributed by atoms with E-state index in [2.05, 4.69) is 9.97 Å². The zero-order valence-electron chi connectivity index (χ0n) is 16.6. The number of rotatable bonds is 3. The van der Waals surface area contributed by atoms with Crippen LogP contribution in [0.5, 0.6) is 0 Å². The van der Waals surface area contributed by atoms with Crippen LogP contribution in [0.25, 0.3) is 0 Å². The number of H-pyrrole nitrogens is 1. The van der Waals surface area contributed by atoms with Crippen LogP contribution < -0.4 is 15.4 Å². The Hall–Kier alpha value is -2.74. The Labute approximate surface area is 172 Å². The van der Waals surface area contributed by atoms with Crippen LogP contribution in [0.4, 0.5) is 20.4 Å². The first-order valence-corrected chi connectivity index (χ1v) is 10.4. The number of nitrogens with one attached hydrogen (secondary N) is 1. The lowest BCUT2D eigenvalue weighted by Gasteiger charge is -2.35. The van der Waals surface area contributed by atoms with Gasteiger partial charge < -0.3 is 14.9 Å². The fourth-order valence-electron chi connectivity index (χ4n) is 5.08. The van der Waals surface area contributed by atoms with Gasteiger partial charge in [0.1, 0.15) is 11.6 Å². The summed E-state index contributed by atoms with van der Waals surface area (Å²) in [5, 5.41) is 9.39. The Bertz CT molecular complexity index is 1080. The van der Waals surface area contributed by atoms with E-state index in [1.54, 1.807) is 0 Å². The second-order valence-corrected chi connectivity index (χ2v) is 8.36. The number of halogens is 2. The molecule has 0 bridgehead atoms. The van der Waals surface area contributed by atoms with Gasteiger partial charge in [-0.15, -0.1) is 0 Å². The van der Waals surface area contributed by atoms with E-state index in [9.17, 15) is 18.7 Å². The third-order valence-electron chi connectivity index (χ3n) is 6.54. The van der Waals surface area contributed by atoms with Crippen molar-refractivity contribution >= 4 is 11.6 Å². The van der Waals surface area contributed by atoms with Crippen molar-refractivity contribution in [2.45, 2.75) is 37.5 Å². The van der Waals surface area contributed by atoms with E-state index in [-0.39, 0.29) is 12.2 Å². The number of β-amino-alcohol motifs (C(OH)–C–C–N with tert-alkyl or cyclic N) is 1. The normalized spacial score (nSPS) is 22.5. The molecule has 1 aliphatic carbocycles. The standard InChI is InChI=1S/C22H24F2N4O2/c23-14-11-16(24)19-18(12-14)28(9-10-29)13-22(19)5-7-27(8-6-22)21-25-17-4-2-1-3-15(17)20(30)26-21/h5,7,11-12,29H,1-4,6,8-10,13H2,(H,25,26,30)/t22-/m1/s1. The molecule has 0 amide bonds. The SMILES string of the molecule is O=c1[nH]c(N2C=C[C@@]3(CC2)CN(CCO)c2cc(F)cc(F)c23)nc2c1CCCC2. The van der Waals surface area contributed by atoms with Crippen LogP contribution >= 0.6 is 0 Å². The second-order valence-electron chi connectivity index (χ2n) is 8.36. The summed E-state index contributed by atoms with van der Waals surface area (Å²) in [5.74, 6) is -0.677. The quantitative estimate of drug-likeness (QED) is 0.807. The fourth-order valence-corrected chi connectivity index (χ4v) is 5.08. The molecule has 0 unspecified atom stereocenters. The van der Waals surface area contributed by atoms with Crippen molar-refractivity contribution < 1.29 is 13.9 Å². The number of hydrogen-bond donors (Lipinski definition) is 2. The lowest BCUT2D eigenvalue weighted by atomic mass is 9.77. The van der Waals surface area contributed by atoms with E-state index < -0.39 is 17.0 Å². The van der Waals surface area contributed by atoms with Gasteiger partial charge in [0.05, 0.1) is 12.3 Å². The Balaban J connectivity index is 1.50. The van der Waals surface area contributed by atoms with Gasteiger partial charge in [0, 0.05) is 54.1 Å². The van der Waals surface area contributed by atoms with Crippen LogP contribution in [0.15, 0.2) is 29.2 Å². The summed E-state index contributed by atoms with van der Waals surface area (Å²) in [6.07, 6.45) is 7.98. The van der Waals surface area contributed by atoms with Gasteiger partial charge >= 0.3 is 0 Å². The van der Waals surface area contributed by atoms with Crippen LogP contribution in [0.1, 0.15) is 36.1 Å². The number of fused-ring (bicyclic) bond motifs is 3. The van der Waals surface area contributed by atoms with Gasteiger partial charge in [0.15, 0.2) is 0 Å². The van der Waals surface area contributed by atoms with Gasteiger partial charge in [-0.25, -0.2) is 13.8 Å². The van der Waals surface area contributed by atoms with Crippen molar-refractivity contribution in [2.24, 2.45) is 0 Å². The van der Waals surface area contributed by atoms with Crippen LogP contribution in [-0.2, 0) is 18.3 Å². The molecule has 1 spiro atoms. The van der Waals surface area contributed by atoms with E-state index in [1.165, 1.54) is 6.07 Å². The van der Waals surface area contributed by atoms with Crippen LogP contribution in [0, 0.1) is 11.6 Å². The summed E-state index contributed by atoms with van der Waals surface area (Å²) < 4.78 is 28.7. The molecule has 30 heavy (non-hydrogen) atoms. The van der Waals surface area contributed by atoms with E-state index in [4.69, 9.17) is 0 Å². The minimum Gasteiger partial charge on any atom is -0.395 e. The highest BCUT2D eigenvalue weighted by atomic mass is 19.1. The molecule has 0 saturated carbocycles. The minimum absolute atomic E-state index is 0.0785. The van der Waals surface area contributed by atoms with E-state index in [0.29, 0.717) is 43.3 Å². The monoisotopic (exact) mass is 414 g/mol. The number of aromatic nitrogens is 2. The number of aliphatic hydroxyl groups excluding tert-OH is 1. The van der Waals surface area contributed by atoms with Gasteiger partial charge in [0.25, 0.3) is 5.56 Å². The number of benzene rings is 1. The van der Waals surface area contributed by atoms with Crippen molar-refractivity contribution in [3.05, 3.63) is 63.2 Å². The molecule has 1 atom stereocenters. The first-order chi connectivity index (χ1) is 14.5. The molecule has 0 saturated heterocycles. The Morgan fingerprint density at radius 1 is 1.23 bits per heavy atom. The molecule has 5 rings (SSSR count). The topological polar surface area (TPSA) is 72.5 Å². The van der Waals surface area contributed by atoms with Crippen molar-refractivity contribution in [2.75, 3.05) is 36.0 Å². The number of anilines is 2. The highest BCUT2D eigenvalue weighted by Crippen LogP contribution is 2.47. The molecule has 3 aliphatic rings. The number of aliphatic hydroxyl groups is 1. The molecule has 1 aromatic carbocycles. The molecule has 2 aliphatic heterocycles. The van der Waals surface area contributed by atoms with Crippen molar-refractivity contribution in [1.29, 1.82) is 0 Å². The first-order valence-electron chi connectivity index (χ1n) is 10.4. The largest absolute Gasteiger partial charge is 0.395 e. The zero-order chi connectivity index (χ0) is 20.9. The molecule has 2 aromatic rings. The average Bonchev–Trinajstić information content (AvgIpc) is 3.02. The van der Waals surface area contributed by atoms with Crippen molar-refractivity contribution in [3.63, 3.8) is 0 Å². The molecular weight excluding hydrogens is 390 g/mol. The smallest absolute Gasteiger partial charge is 0.255 e. The molecule has 2 N–H and O–H groups in total. The molecular formula is C22H24F2N4O2. The highest BCUT2D eigenvalue weighted by molar-refractivity contribution is 5.66. The van der Waals surface area contributed by atoms with E-state index in [0.717, 1.165) is 43.0 Å². The summed E-state index contributed by atoms with van der Waals surface area (Å²) in [6, 6.07) is 2.26. The number of aryl methyl sites for hydroxylation is 1. The highest BCUT2D eigenvalue weighted by Gasteiger charge is 2.45. The van der Waals surface area contributed by atoms with Gasteiger partial charge in [-0.1, -0.05) is 6.08 Å². The number of nitrogens with zero attached hydrogens (tertiary/aromatic N) is 3. The lowest BCUT2D eigenvalue weighted by molar-refractivity contribution is 0.300. The molecule has 1 aromatic heterocycles. The average molecular weight is 414 g/mol. The summed E-state index contributed by atoms with van der Waals surface area (Å²) in [6.45, 7) is 1.24. The van der Waals surface area contributed by atoms with Crippen LogP contribution in [-0.4, -0.2) is 41.3 Å². The van der Waals surface area contributed by atoms with Gasteiger partial charge in [0.2, 0.25) is 5.95 Å². The third-order valence-corrected chi connectivity index (χ3v) is 6.54. The minimum atomic E-state index is -0.622. The number of hydrogen-bond acceptors (Lipinski definition) is 5. The first kappa shape index (κ1) is 19.2. The molecule has 158 valence electrons. The summed E-state index contributed by atoms with van der Waals surface area (Å²) >= 11 is 0. The molecule has 3 heterocycles. The van der Waals surface area contributed by atoms with E-state index >= 15 is 0 Å². The van der Waals surface area contributed by atoms with Crippen molar-refractivity contribution in [1.82, 2.24) is 9.97 Å². The van der Waals surface area contributed by atoms with Gasteiger partial charge in [-0.05, 0) is 38.2 Å². The fraction of sp³-hybridized carbons (Fsp3) is 0.455. The summed E-state index contributed by atoms with van der Waals surface area (Å²) in [4.78, 5) is 23.8. The molecule has 6 nitrogen and oxygen atoms in total. The summed E-state index contributed by atoms with van der Waals surface area (Å²) in [5.41, 5.74) is 1.95. The zero-order valence-corrected chi connectivity index (χ0v) is 16.6. The van der Waals surface area contributed by atoms with Crippen molar-refractivity contribution in [3.8, 4) is 0 Å². The number of aromatic amines is 1. The third kappa shape index (κ3) is 3.01. The predicted molar refractivity (Wildman–Crippen MR) is 110 cm³/mol. The summed E-state index contributed by atoms with van der Waals surface area (Å²) in [7, 11) is 0. The predicted octanol–water partition coefficient (Wildman–Crippen LogP) is 2.40. The Morgan fingerprint density at radius 3 is 2.83 bits per heavy atom. The maximum Gasteiger partial charge on any atom is 0.255 e. The van der Waals surface area contributed by atoms with E-state index in [1.807, 2.05) is 22.1 Å². The molecule has 8 heteroatoms. The van der Waals surface area contributed by atoms with Crippen LogP contribution in [0.2, 0.25) is 0 Å². The Kier molecular flexibility index (Phi) is 4.61. The molecule has 0 fully saturated rings. The molecule has 0 radical (unpaired) electrons. The van der Waals surface area contributed by atoms with Gasteiger partial charge in [-0.3, -0.25) is 9.78 Å². The maximum absolute atomic E-state index is 14.8. The lowest BCUT2D eigenvalue weighted by Crippen LogP contribution is -2.40.